The molecule has 2 heterocycles. The molecular weight excluding hydrogens is 378 g/mol. The minimum atomic E-state index is -4.47. The minimum absolute atomic E-state index is 0.0137. The molecule has 1 aromatic carbocycles. The number of nitrogens with zero attached hydrogens (tertiary/aromatic N) is 3. The normalized spacial score (nSPS) is 11.4. The molecular formula is C16H8Cl2F3N3O. The Hall–Kier alpha value is -2.38. The maximum absolute atomic E-state index is 12.7. The fraction of sp³-hybridized carbons (Fsp3) is 0.0625. The van der Waals surface area contributed by atoms with Gasteiger partial charge in [-0.3, -0.25) is 4.98 Å². The molecule has 4 nitrogen and oxygen atoms in total. The number of alkyl halides is 3. The maximum Gasteiger partial charge on any atom is 0.417 e. The van der Waals surface area contributed by atoms with E-state index in [4.69, 9.17) is 27.9 Å². The average molecular weight is 386 g/mol. The van der Waals surface area contributed by atoms with Crippen LogP contribution in [-0.2, 0) is 6.18 Å². The van der Waals surface area contributed by atoms with Crippen LogP contribution in [0, 0.1) is 0 Å². The van der Waals surface area contributed by atoms with Gasteiger partial charge in [0.15, 0.2) is 0 Å². The summed E-state index contributed by atoms with van der Waals surface area (Å²) >= 11 is 11.9. The average Bonchev–Trinajstić information content (AvgIpc) is 2.56. The van der Waals surface area contributed by atoms with Gasteiger partial charge in [0.1, 0.15) is 5.75 Å². The molecule has 2 aromatic heterocycles. The molecule has 128 valence electrons. The number of halogens is 5. The molecule has 0 atom stereocenters. The molecule has 0 saturated carbocycles. The molecule has 0 saturated heterocycles. The van der Waals surface area contributed by atoms with Crippen molar-refractivity contribution in [1.29, 1.82) is 0 Å². The Kier molecular flexibility index (Phi) is 4.78. The summed E-state index contributed by atoms with van der Waals surface area (Å²) in [6.45, 7) is 0. The van der Waals surface area contributed by atoms with Crippen molar-refractivity contribution in [2.24, 2.45) is 0 Å². The summed E-state index contributed by atoms with van der Waals surface area (Å²) in [5.41, 5.74) is -0.300. The molecule has 25 heavy (non-hydrogen) atoms. The van der Waals surface area contributed by atoms with Gasteiger partial charge in [-0.05, 0) is 24.3 Å². The van der Waals surface area contributed by atoms with E-state index in [1.807, 2.05) is 0 Å². The van der Waals surface area contributed by atoms with Gasteiger partial charge in [0.2, 0.25) is 0 Å². The Morgan fingerprint density at radius 3 is 2.20 bits per heavy atom. The number of aromatic nitrogens is 3. The summed E-state index contributed by atoms with van der Waals surface area (Å²) in [4.78, 5) is 11.7. The number of rotatable bonds is 3. The summed E-state index contributed by atoms with van der Waals surface area (Å²) < 4.78 is 43.6. The SMILES string of the molecule is FC(F)(F)c1ccc(-c2c(Cl)cccc2Oc2ncc(Cl)cn2)nc1. The lowest BCUT2D eigenvalue weighted by molar-refractivity contribution is -0.137. The second kappa shape index (κ2) is 6.85. The first-order chi connectivity index (χ1) is 11.8. The zero-order valence-electron chi connectivity index (χ0n) is 12.3. The maximum atomic E-state index is 12.7. The Bertz CT molecular complexity index is 885. The lowest BCUT2D eigenvalue weighted by Gasteiger charge is -2.12. The van der Waals surface area contributed by atoms with Crippen LogP contribution < -0.4 is 4.74 Å². The van der Waals surface area contributed by atoms with Crippen molar-refractivity contribution in [2.45, 2.75) is 6.18 Å². The first kappa shape index (κ1) is 17.4. The summed E-state index contributed by atoms with van der Waals surface area (Å²) in [5.74, 6) is 0.252. The molecule has 0 radical (unpaired) electrons. The lowest BCUT2D eigenvalue weighted by Crippen LogP contribution is -2.05. The lowest BCUT2D eigenvalue weighted by atomic mass is 10.1. The fourth-order valence-corrected chi connectivity index (χ4v) is 2.36. The molecule has 9 heteroatoms. The summed E-state index contributed by atoms with van der Waals surface area (Å²) in [7, 11) is 0. The van der Waals surface area contributed by atoms with E-state index in [1.54, 1.807) is 18.2 Å². The molecule has 0 aliphatic heterocycles. The van der Waals surface area contributed by atoms with E-state index < -0.39 is 11.7 Å². The van der Waals surface area contributed by atoms with Crippen molar-refractivity contribution in [3.8, 4) is 23.0 Å². The monoisotopic (exact) mass is 385 g/mol. The number of benzene rings is 1. The van der Waals surface area contributed by atoms with Crippen molar-refractivity contribution in [1.82, 2.24) is 15.0 Å². The van der Waals surface area contributed by atoms with Crippen LogP contribution in [0.4, 0.5) is 13.2 Å². The van der Waals surface area contributed by atoms with Crippen LogP contribution in [-0.4, -0.2) is 15.0 Å². The van der Waals surface area contributed by atoms with Gasteiger partial charge in [0, 0.05) is 6.20 Å². The van der Waals surface area contributed by atoms with Gasteiger partial charge in [0.05, 0.1) is 39.3 Å². The number of ether oxygens (including phenoxy) is 1. The predicted molar refractivity (Wildman–Crippen MR) is 86.8 cm³/mol. The first-order valence-corrected chi connectivity index (χ1v) is 7.58. The van der Waals surface area contributed by atoms with Gasteiger partial charge >= 0.3 is 12.2 Å². The molecule has 3 rings (SSSR count). The smallest absolute Gasteiger partial charge is 0.417 e. The van der Waals surface area contributed by atoms with Crippen LogP contribution in [0.5, 0.6) is 11.8 Å². The second-order valence-corrected chi connectivity index (χ2v) is 5.67. The zero-order chi connectivity index (χ0) is 18.0. The van der Waals surface area contributed by atoms with Crippen LogP contribution in [0.1, 0.15) is 5.56 Å². The predicted octanol–water partition coefficient (Wildman–Crippen LogP) is 5.66. The molecule has 0 bridgehead atoms. The van der Waals surface area contributed by atoms with Crippen LogP contribution in [0.15, 0.2) is 48.9 Å². The third-order valence-electron chi connectivity index (χ3n) is 3.12. The van der Waals surface area contributed by atoms with Gasteiger partial charge in [-0.1, -0.05) is 29.3 Å². The van der Waals surface area contributed by atoms with Crippen molar-refractivity contribution in [3.05, 3.63) is 64.5 Å². The summed E-state index contributed by atoms with van der Waals surface area (Å²) in [5, 5.41) is 0.599. The molecule has 0 aliphatic rings. The first-order valence-electron chi connectivity index (χ1n) is 6.82. The van der Waals surface area contributed by atoms with E-state index in [1.165, 1.54) is 18.5 Å². The highest BCUT2D eigenvalue weighted by atomic mass is 35.5. The molecule has 0 N–H and O–H groups in total. The van der Waals surface area contributed by atoms with Gasteiger partial charge in [0.25, 0.3) is 0 Å². The largest absolute Gasteiger partial charge is 0.424 e. The molecule has 0 unspecified atom stereocenters. The molecule has 3 aromatic rings. The van der Waals surface area contributed by atoms with Gasteiger partial charge < -0.3 is 4.74 Å². The van der Waals surface area contributed by atoms with Crippen molar-refractivity contribution in [2.75, 3.05) is 0 Å². The van der Waals surface area contributed by atoms with Gasteiger partial charge in [-0.25, -0.2) is 9.97 Å². The van der Waals surface area contributed by atoms with Crippen molar-refractivity contribution in [3.63, 3.8) is 0 Å². The van der Waals surface area contributed by atoms with Crippen molar-refractivity contribution >= 4 is 23.2 Å². The summed E-state index contributed by atoms with van der Waals surface area (Å²) in [6.07, 6.45) is -1.03. The van der Waals surface area contributed by atoms with Crippen molar-refractivity contribution < 1.29 is 17.9 Å². The number of hydrogen-bond acceptors (Lipinski definition) is 4. The zero-order valence-corrected chi connectivity index (χ0v) is 13.8. The summed E-state index contributed by atoms with van der Waals surface area (Å²) in [6, 6.07) is 6.94. The molecule has 0 fully saturated rings. The van der Waals surface area contributed by atoms with Crippen LogP contribution >= 0.6 is 23.2 Å². The third-order valence-corrected chi connectivity index (χ3v) is 3.63. The van der Waals surface area contributed by atoms with E-state index in [0.29, 0.717) is 10.6 Å². The van der Waals surface area contributed by atoms with E-state index in [0.717, 1.165) is 12.3 Å². The van der Waals surface area contributed by atoms with E-state index in [2.05, 4.69) is 15.0 Å². The highest BCUT2D eigenvalue weighted by molar-refractivity contribution is 6.33. The number of hydrogen-bond donors (Lipinski definition) is 0. The van der Waals surface area contributed by atoms with Crippen LogP contribution in [0.25, 0.3) is 11.3 Å². The topological polar surface area (TPSA) is 47.9 Å². The molecule has 0 aliphatic carbocycles. The molecule has 0 spiro atoms. The Morgan fingerprint density at radius 2 is 1.60 bits per heavy atom. The fourth-order valence-electron chi connectivity index (χ4n) is 2.00. The minimum Gasteiger partial charge on any atom is -0.424 e. The second-order valence-electron chi connectivity index (χ2n) is 4.83. The van der Waals surface area contributed by atoms with E-state index >= 15 is 0 Å². The third kappa shape index (κ3) is 4.00. The Morgan fingerprint density at radius 1 is 0.880 bits per heavy atom. The van der Waals surface area contributed by atoms with Gasteiger partial charge in [-0.15, -0.1) is 0 Å². The Balaban J connectivity index is 2.00. The number of pyridine rings is 1. The highest BCUT2D eigenvalue weighted by Crippen LogP contribution is 2.38. The highest BCUT2D eigenvalue weighted by Gasteiger charge is 2.31. The Labute approximate surface area is 150 Å². The quantitative estimate of drug-likeness (QED) is 0.583. The van der Waals surface area contributed by atoms with Gasteiger partial charge in [-0.2, -0.15) is 13.2 Å². The van der Waals surface area contributed by atoms with Crippen LogP contribution in [0.3, 0.4) is 0 Å². The molecule has 0 amide bonds. The standard InChI is InChI=1S/C16H8Cl2F3N3O/c17-10-7-23-15(24-8-10)25-13-3-1-2-11(18)14(13)12-5-4-9(6-22-12)16(19,20)21/h1-8H. The van der Waals surface area contributed by atoms with E-state index in [-0.39, 0.29) is 22.5 Å². The van der Waals surface area contributed by atoms with Crippen LogP contribution in [0.2, 0.25) is 10.0 Å². The van der Waals surface area contributed by atoms with E-state index in [9.17, 15) is 13.2 Å².